The van der Waals surface area contributed by atoms with E-state index in [4.69, 9.17) is 9.47 Å². The first-order valence-corrected chi connectivity index (χ1v) is 8.27. The fourth-order valence-corrected chi connectivity index (χ4v) is 2.92. The zero-order valence-electron chi connectivity index (χ0n) is 14.4. The summed E-state index contributed by atoms with van der Waals surface area (Å²) in [6.45, 7) is 2.93. The van der Waals surface area contributed by atoms with E-state index in [1.165, 1.54) is 4.68 Å². The van der Waals surface area contributed by atoms with Gasteiger partial charge >= 0.3 is 5.97 Å². The Labute approximate surface area is 146 Å². The molecule has 0 bridgehead atoms. The van der Waals surface area contributed by atoms with Gasteiger partial charge in [-0.2, -0.15) is 5.10 Å². The first-order valence-electron chi connectivity index (χ1n) is 8.27. The Bertz CT molecular complexity index is 770. The number of carbonyl (C=O) groups excluding carboxylic acids is 2. The van der Waals surface area contributed by atoms with E-state index in [0.717, 1.165) is 11.3 Å². The van der Waals surface area contributed by atoms with Crippen LogP contribution in [0.5, 0.6) is 5.75 Å². The van der Waals surface area contributed by atoms with Crippen molar-refractivity contribution in [2.24, 2.45) is 7.05 Å². The molecule has 0 unspecified atom stereocenters. The number of benzene rings is 1. The molecule has 1 aliphatic rings. The Morgan fingerprint density at radius 2 is 2.00 bits per heavy atom. The Morgan fingerprint density at radius 1 is 1.24 bits per heavy atom. The topological polar surface area (TPSA) is 73.7 Å². The van der Waals surface area contributed by atoms with Crippen molar-refractivity contribution < 1.29 is 19.1 Å². The molecule has 0 atom stereocenters. The minimum absolute atomic E-state index is 0.0334. The fraction of sp³-hybridized carbons (Fsp3) is 0.389. The molecule has 2 aromatic rings. The average molecular weight is 343 g/mol. The van der Waals surface area contributed by atoms with Crippen LogP contribution in [0, 0.1) is 0 Å². The van der Waals surface area contributed by atoms with Gasteiger partial charge in [-0.3, -0.25) is 9.48 Å². The lowest BCUT2D eigenvalue weighted by Gasteiger charge is -2.26. The fourth-order valence-electron chi connectivity index (χ4n) is 2.92. The number of ether oxygens (including phenoxy) is 2. The van der Waals surface area contributed by atoms with Crippen LogP contribution >= 0.6 is 0 Å². The number of aromatic nitrogens is 2. The van der Waals surface area contributed by atoms with Crippen LogP contribution in [-0.4, -0.2) is 46.3 Å². The van der Waals surface area contributed by atoms with Crippen LogP contribution in [0.3, 0.4) is 0 Å². The standard InChI is InChI=1S/C18H21N3O4/c1-3-24-18(23)17-14-11-21(10-9-15(14)19-20(17)2)16(22)12-25-13-7-5-4-6-8-13/h4-8H,3,9-12H2,1-2H3. The third-order valence-electron chi connectivity index (χ3n) is 4.12. The van der Waals surface area contributed by atoms with E-state index < -0.39 is 5.97 Å². The van der Waals surface area contributed by atoms with E-state index >= 15 is 0 Å². The predicted octanol–water partition coefficient (Wildman–Crippen LogP) is 1.56. The molecular weight excluding hydrogens is 322 g/mol. The van der Waals surface area contributed by atoms with Crippen LogP contribution in [0.1, 0.15) is 28.7 Å². The second-order valence-corrected chi connectivity index (χ2v) is 5.78. The molecule has 7 heteroatoms. The second kappa shape index (κ2) is 7.38. The van der Waals surface area contributed by atoms with Crippen molar-refractivity contribution in [1.82, 2.24) is 14.7 Å². The minimum Gasteiger partial charge on any atom is -0.484 e. The number of hydrogen-bond acceptors (Lipinski definition) is 5. The zero-order chi connectivity index (χ0) is 17.8. The highest BCUT2D eigenvalue weighted by Gasteiger charge is 2.30. The summed E-state index contributed by atoms with van der Waals surface area (Å²) >= 11 is 0. The molecule has 3 rings (SSSR count). The quantitative estimate of drug-likeness (QED) is 0.770. The number of fused-ring (bicyclic) bond motifs is 1. The molecule has 0 fully saturated rings. The van der Waals surface area contributed by atoms with Gasteiger partial charge < -0.3 is 14.4 Å². The number of amides is 1. The molecule has 0 N–H and O–H groups in total. The van der Waals surface area contributed by atoms with E-state index in [-0.39, 0.29) is 12.5 Å². The van der Waals surface area contributed by atoms with Crippen molar-refractivity contribution in [3.05, 3.63) is 47.3 Å². The van der Waals surface area contributed by atoms with Crippen LogP contribution in [-0.2, 0) is 29.5 Å². The van der Waals surface area contributed by atoms with Crippen molar-refractivity contribution in [3.63, 3.8) is 0 Å². The smallest absolute Gasteiger partial charge is 0.356 e. The maximum Gasteiger partial charge on any atom is 0.356 e. The lowest BCUT2D eigenvalue weighted by atomic mass is 10.1. The molecule has 1 amide bonds. The highest BCUT2D eigenvalue weighted by molar-refractivity contribution is 5.90. The second-order valence-electron chi connectivity index (χ2n) is 5.78. The summed E-state index contributed by atoms with van der Waals surface area (Å²) in [6, 6.07) is 9.21. The Kier molecular flexibility index (Phi) is 5.02. The number of para-hydroxylation sites is 1. The number of esters is 1. The van der Waals surface area contributed by atoms with Gasteiger partial charge in [-0.1, -0.05) is 18.2 Å². The van der Waals surface area contributed by atoms with E-state index in [0.29, 0.717) is 37.6 Å². The van der Waals surface area contributed by atoms with Gasteiger partial charge in [-0.05, 0) is 19.1 Å². The first-order chi connectivity index (χ1) is 12.1. The SMILES string of the molecule is CCOC(=O)c1c2c(nn1C)CCN(C(=O)COc1ccccc1)C2. The monoisotopic (exact) mass is 343 g/mol. The van der Waals surface area contributed by atoms with Gasteiger partial charge in [-0.15, -0.1) is 0 Å². The molecule has 25 heavy (non-hydrogen) atoms. The third-order valence-corrected chi connectivity index (χ3v) is 4.12. The van der Waals surface area contributed by atoms with E-state index in [1.54, 1.807) is 18.9 Å². The van der Waals surface area contributed by atoms with Gasteiger partial charge in [0.15, 0.2) is 12.3 Å². The van der Waals surface area contributed by atoms with E-state index in [9.17, 15) is 9.59 Å². The highest BCUT2D eigenvalue weighted by atomic mass is 16.5. The van der Waals surface area contributed by atoms with Crippen LogP contribution in [0.2, 0.25) is 0 Å². The maximum absolute atomic E-state index is 12.5. The Hall–Kier alpha value is -2.83. The summed E-state index contributed by atoms with van der Waals surface area (Å²) in [5, 5.41) is 4.39. The Balaban J connectivity index is 1.69. The van der Waals surface area contributed by atoms with Crippen LogP contribution in [0.25, 0.3) is 0 Å². The van der Waals surface area contributed by atoms with Crippen molar-refractivity contribution in [1.29, 1.82) is 0 Å². The molecule has 0 radical (unpaired) electrons. The van der Waals surface area contributed by atoms with Crippen molar-refractivity contribution in [3.8, 4) is 5.75 Å². The average Bonchev–Trinajstić information content (AvgIpc) is 2.95. The molecule has 7 nitrogen and oxygen atoms in total. The highest BCUT2D eigenvalue weighted by Crippen LogP contribution is 2.23. The van der Waals surface area contributed by atoms with E-state index in [2.05, 4.69) is 5.10 Å². The summed E-state index contributed by atoms with van der Waals surface area (Å²) < 4.78 is 12.2. The van der Waals surface area contributed by atoms with Gasteiger partial charge in [0, 0.05) is 25.6 Å². The van der Waals surface area contributed by atoms with Gasteiger partial charge in [0.05, 0.1) is 18.8 Å². The number of carbonyl (C=O) groups is 2. The normalized spacial score (nSPS) is 13.3. The van der Waals surface area contributed by atoms with E-state index in [1.807, 2.05) is 30.3 Å². The molecular formula is C18H21N3O4. The summed E-state index contributed by atoms with van der Waals surface area (Å²) in [5.74, 6) is 0.129. The van der Waals surface area contributed by atoms with Crippen LogP contribution in [0.4, 0.5) is 0 Å². The molecule has 132 valence electrons. The lowest BCUT2D eigenvalue weighted by Crippen LogP contribution is -2.39. The summed E-state index contributed by atoms with van der Waals surface area (Å²) in [6.07, 6.45) is 0.611. The number of aryl methyl sites for hydroxylation is 1. The molecule has 1 aliphatic heterocycles. The molecule has 0 saturated heterocycles. The lowest BCUT2D eigenvalue weighted by molar-refractivity contribution is -0.134. The summed E-state index contributed by atoms with van der Waals surface area (Å²) in [4.78, 5) is 26.3. The van der Waals surface area contributed by atoms with Gasteiger partial charge in [0.2, 0.25) is 0 Å². The molecule has 1 aromatic carbocycles. The van der Waals surface area contributed by atoms with Crippen LogP contribution < -0.4 is 4.74 Å². The number of rotatable bonds is 5. The molecule has 1 aromatic heterocycles. The summed E-state index contributed by atoms with van der Waals surface area (Å²) in [5.41, 5.74) is 2.03. The maximum atomic E-state index is 12.5. The first kappa shape index (κ1) is 17.0. The molecule has 0 saturated carbocycles. The molecule has 0 spiro atoms. The van der Waals surface area contributed by atoms with Gasteiger partial charge in [0.25, 0.3) is 5.91 Å². The zero-order valence-corrected chi connectivity index (χ0v) is 14.4. The summed E-state index contributed by atoms with van der Waals surface area (Å²) in [7, 11) is 1.72. The van der Waals surface area contributed by atoms with Gasteiger partial charge in [-0.25, -0.2) is 4.79 Å². The molecule has 0 aliphatic carbocycles. The Morgan fingerprint density at radius 3 is 2.72 bits per heavy atom. The molecule has 2 heterocycles. The predicted molar refractivity (Wildman–Crippen MR) is 90.2 cm³/mol. The van der Waals surface area contributed by atoms with Crippen LogP contribution in [0.15, 0.2) is 30.3 Å². The third kappa shape index (κ3) is 3.65. The van der Waals surface area contributed by atoms with Crippen molar-refractivity contribution in [2.45, 2.75) is 19.9 Å². The largest absolute Gasteiger partial charge is 0.484 e. The minimum atomic E-state index is -0.409. The number of nitrogens with zero attached hydrogens (tertiary/aromatic N) is 3. The number of hydrogen-bond donors (Lipinski definition) is 0. The van der Waals surface area contributed by atoms with Crippen molar-refractivity contribution >= 4 is 11.9 Å². The van der Waals surface area contributed by atoms with Gasteiger partial charge in [0.1, 0.15) is 5.75 Å². The van der Waals surface area contributed by atoms with Crippen molar-refractivity contribution in [2.75, 3.05) is 19.8 Å².